The molecular weight excluding hydrogens is 431 g/mol. The third-order valence-electron chi connectivity index (χ3n) is 6.52. The number of pyridine rings is 1. The van der Waals surface area contributed by atoms with E-state index in [1.165, 1.54) is 24.6 Å². The van der Waals surface area contributed by atoms with Crippen molar-refractivity contribution in [1.82, 2.24) is 25.5 Å². The molecule has 3 N–H and O–H groups in total. The molecule has 2 aliphatic rings. The molecule has 0 radical (unpaired) electrons. The maximum Gasteiger partial charge on any atom is 0.252 e. The first-order valence-electron chi connectivity index (χ1n) is 11.4. The number of aryl methyl sites for hydroxylation is 1. The number of nitrogens with one attached hydrogen (secondary N) is 3. The SMILES string of the molecule is Cc1cc(-c2nc(Nc3cc4c(cc3F)C(=O)NC4C)n[nH]2)ccc1-c1ccc(C2CC2)nc1. The number of carbonyl (C=O) groups is 1. The fraction of sp³-hybridized carbons (Fsp3) is 0.231. The lowest BCUT2D eigenvalue weighted by atomic mass is 9.99. The van der Waals surface area contributed by atoms with Crippen LogP contribution < -0.4 is 10.6 Å². The van der Waals surface area contributed by atoms with Gasteiger partial charge in [0.15, 0.2) is 5.82 Å². The number of aromatic amines is 1. The highest BCUT2D eigenvalue weighted by Crippen LogP contribution is 2.39. The number of aromatic nitrogens is 4. The lowest BCUT2D eigenvalue weighted by molar-refractivity contribution is 0.0958. The topological polar surface area (TPSA) is 95.6 Å². The maximum absolute atomic E-state index is 14.6. The van der Waals surface area contributed by atoms with Crippen LogP contribution in [0.2, 0.25) is 0 Å². The average molecular weight is 455 g/mol. The van der Waals surface area contributed by atoms with Crippen molar-refractivity contribution in [2.24, 2.45) is 0 Å². The number of halogens is 1. The number of fused-ring (bicyclic) bond motifs is 1. The molecule has 1 aliphatic carbocycles. The summed E-state index contributed by atoms with van der Waals surface area (Å²) in [6.45, 7) is 3.92. The Morgan fingerprint density at radius 1 is 1.06 bits per heavy atom. The van der Waals surface area contributed by atoms with Crippen LogP contribution >= 0.6 is 0 Å². The summed E-state index contributed by atoms with van der Waals surface area (Å²) in [5.41, 5.74) is 6.69. The van der Waals surface area contributed by atoms with Crippen LogP contribution in [0.3, 0.4) is 0 Å². The summed E-state index contributed by atoms with van der Waals surface area (Å²) in [5, 5.41) is 12.8. The van der Waals surface area contributed by atoms with Crippen molar-refractivity contribution in [3.05, 3.63) is 76.9 Å². The van der Waals surface area contributed by atoms with Gasteiger partial charge in [0.2, 0.25) is 5.95 Å². The zero-order valence-electron chi connectivity index (χ0n) is 18.8. The number of nitrogens with zero attached hydrogens (tertiary/aromatic N) is 3. The first-order chi connectivity index (χ1) is 16.5. The smallest absolute Gasteiger partial charge is 0.252 e. The van der Waals surface area contributed by atoms with E-state index in [2.05, 4.69) is 55.9 Å². The lowest BCUT2D eigenvalue weighted by Gasteiger charge is -2.09. The summed E-state index contributed by atoms with van der Waals surface area (Å²) in [4.78, 5) is 21.0. The minimum Gasteiger partial charge on any atom is -0.345 e. The quantitative estimate of drug-likeness (QED) is 0.375. The molecule has 2 aromatic heterocycles. The molecule has 4 aromatic rings. The van der Waals surface area contributed by atoms with Crippen LogP contribution in [0.15, 0.2) is 48.7 Å². The Bertz CT molecular complexity index is 1420. The molecule has 0 spiro atoms. The molecule has 0 saturated heterocycles. The van der Waals surface area contributed by atoms with Crippen LogP contribution in [-0.4, -0.2) is 26.1 Å². The van der Waals surface area contributed by atoms with Gasteiger partial charge < -0.3 is 10.6 Å². The molecule has 8 heteroatoms. The van der Waals surface area contributed by atoms with Gasteiger partial charge in [-0.3, -0.25) is 14.9 Å². The molecule has 1 atom stereocenters. The molecular formula is C26H23FN6O. The van der Waals surface area contributed by atoms with Crippen molar-refractivity contribution in [2.45, 2.75) is 38.6 Å². The highest BCUT2D eigenvalue weighted by Gasteiger charge is 2.27. The molecule has 170 valence electrons. The Morgan fingerprint density at radius 3 is 2.62 bits per heavy atom. The zero-order chi connectivity index (χ0) is 23.4. The molecule has 0 bridgehead atoms. The van der Waals surface area contributed by atoms with E-state index in [1.807, 2.05) is 25.3 Å². The van der Waals surface area contributed by atoms with Gasteiger partial charge in [-0.25, -0.2) is 4.39 Å². The molecule has 34 heavy (non-hydrogen) atoms. The molecule has 7 nitrogen and oxygen atoms in total. The Balaban J connectivity index is 1.23. The van der Waals surface area contributed by atoms with Gasteiger partial charge in [-0.1, -0.05) is 18.2 Å². The summed E-state index contributed by atoms with van der Waals surface area (Å²) in [6, 6.07) is 13.0. The average Bonchev–Trinajstić information content (AvgIpc) is 3.52. The van der Waals surface area contributed by atoms with E-state index in [-0.39, 0.29) is 23.6 Å². The predicted molar refractivity (Wildman–Crippen MR) is 127 cm³/mol. The van der Waals surface area contributed by atoms with Crippen LogP contribution in [0.25, 0.3) is 22.5 Å². The van der Waals surface area contributed by atoms with E-state index in [0.29, 0.717) is 17.3 Å². The van der Waals surface area contributed by atoms with Gasteiger partial charge in [0.05, 0.1) is 11.7 Å². The summed E-state index contributed by atoms with van der Waals surface area (Å²) in [7, 11) is 0. The molecule has 1 fully saturated rings. The maximum atomic E-state index is 14.6. The summed E-state index contributed by atoms with van der Waals surface area (Å²) in [6.07, 6.45) is 4.42. The largest absolute Gasteiger partial charge is 0.345 e. The first-order valence-corrected chi connectivity index (χ1v) is 11.4. The van der Waals surface area contributed by atoms with Crippen LogP contribution in [0, 0.1) is 12.7 Å². The van der Waals surface area contributed by atoms with Gasteiger partial charge in [0.25, 0.3) is 5.91 Å². The van der Waals surface area contributed by atoms with Gasteiger partial charge in [0, 0.05) is 34.5 Å². The van der Waals surface area contributed by atoms with E-state index in [0.717, 1.165) is 27.8 Å². The standard InChI is InChI=1S/C26H23FN6O/c1-13-9-16(5-7-18(13)17-6-8-22(28-12-17)15-3-4-15)24-31-26(33-32-24)30-23-11-19-14(2)29-25(34)20(19)10-21(23)27/h5-12,14-15H,3-4H2,1-2H3,(H,29,34)(H2,30,31,32,33). The molecule has 3 heterocycles. The number of rotatable bonds is 5. The minimum absolute atomic E-state index is 0.173. The summed E-state index contributed by atoms with van der Waals surface area (Å²) in [5.74, 6) is 0.670. The second-order valence-electron chi connectivity index (χ2n) is 9.02. The fourth-order valence-electron chi connectivity index (χ4n) is 4.48. The van der Waals surface area contributed by atoms with E-state index in [4.69, 9.17) is 0 Å². The summed E-state index contributed by atoms with van der Waals surface area (Å²) < 4.78 is 14.6. The van der Waals surface area contributed by atoms with E-state index < -0.39 is 5.82 Å². The van der Waals surface area contributed by atoms with Crippen molar-refractivity contribution in [3.63, 3.8) is 0 Å². The van der Waals surface area contributed by atoms with E-state index in [9.17, 15) is 9.18 Å². The van der Waals surface area contributed by atoms with Gasteiger partial charge >= 0.3 is 0 Å². The van der Waals surface area contributed by atoms with Crippen LogP contribution in [0.5, 0.6) is 0 Å². The monoisotopic (exact) mass is 454 g/mol. The predicted octanol–water partition coefficient (Wildman–Crippen LogP) is 5.41. The Morgan fingerprint density at radius 2 is 1.88 bits per heavy atom. The second-order valence-corrected chi connectivity index (χ2v) is 9.02. The van der Waals surface area contributed by atoms with Gasteiger partial charge in [-0.15, -0.1) is 5.10 Å². The second kappa shape index (κ2) is 7.76. The van der Waals surface area contributed by atoms with Crippen molar-refractivity contribution < 1.29 is 9.18 Å². The number of hydrogen-bond donors (Lipinski definition) is 3. The van der Waals surface area contributed by atoms with Crippen molar-refractivity contribution in [3.8, 4) is 22.5 Å². The Kier molecular flexibility index (Phi) is 4.69. The lowest BCUT2D eigenvalue weighted by Crippen LogP contribution is -2.16. The van der Waals surface area contributed by atoms with Crippen LogP contribution in [-0.2, 0) is 0 Å². The van der Waals surface area contributed by atoms with E-state index in [1.54, 1.807) is 6.07 Å². The van der Waals surface area contributed by atoms with Crippen molar-refractivity contribution in [2.75, 3.05) is 5.32 Å². The normalized spacial score (nSPS) is 16.9. The van der Waals surface area contributed by atoms with E-state index >= 15 is 0 Å². The van der Waals surface area contributed by atoms with Crippen LogP contribution in [0.1, 0.15) is 58.9 Å². The molecule has 1 saturated carbocycles. The first kappa shape index (κ1) is 20.5. The summed E-state index contributed by atoms with van der Waals surface area (Å²) >= 11 is 0. The van der Waals surface area contributed by atoms with Crippen molar-refractivity contribution in [1.29, 1.82) is 0 Å². The molecule has 1 unspecified atom stereocenters. The van der Waals surface area contributed by atoms with Gasteiger partial charge in [-0.2, -0.15) is 4.98 Å². The number of amides is 1. The van der Waals surface area contributed by atoms with Gasteiger partial charge in [0.1, 0.15) is 5.82 Å². The minimum atomic E-state index is -0.532. The Hall–Kier alpha value is -4.07. The number of anilines is 2. The third-order valence-corrected chi connectivity index (χ3v) is 6.52. The highest BCUT2D eigenvalue weighted by atomic mass is 19.1. The van der Waals surface area contributed by atoms with Gasteiger partial charge in [-0.05, 0) is 67.6 Å². The molecule has 1 amide bonds. The Labute approximate surface area is 195 Å². The number of carbonyl (C=O) groups excluding carboxylic acids is 1. The van der Waals surface area contributed by atoms with Crippen LogP contribution in [0.4, 0.5) is 16.0 Å². The molecule has 6 rings (SSSR count). The fourth-order valence-corrected chi connectivity index (χ4v) is 4.48. The molecule has 2 aromatic carbocycles. The number of hydrogen-bond acceptors (Lipinski definition) is 5. The van der Waals surface area contributed by atoms with Crippen molar-refractivity contribution >= 4 is 17.5 Å². The zero-order valence-corrected chi connectivity index (χ0v) is 18.8. The number of H-pyrrole nitrogens is 1. The third kappa shape index (κ3) is 3.61. The highest BCUT2D eigenvalue weighted by molar-refractivity contribution is 5.99. The molecule has 1 aliphatic heterocycles. The number of benzene rings is 2.